The summed E-state index contributed by atoms with van der Waals surface area (Å²) in [5.41, 5.74) is 6.85. The number of fused-ring (bicyclic) bond motifs is 3. The van der Waals surface area contributed by atoms with E-state index in [1.807, 2.05) is 0 Å². The molecule has 0 saturated heterocycles. The molecule has 1 aliphatic rings. The van der Waals surface area contributed by atoms with E-state index in [0.717, 1.165) is 26.0 Å². The van der Waals surface area contributed by atoms with Gasteiger partial charge in [-0.1, -0.05) is 69.3 Å². The fourth-order valence-corrected chi connectivity index (χ4v) is 4.47. The largest absolute Gasteiger partial charge is 0.369 e. The van der Waals surface area contributed by atoms with Gasteiger partial charge in [-0.05, 0) is 42.4 Å². The van der Waals surface area contributed by atoms with E-state index in [1.54, 1.807) is 0 Å². The van der Waals surface area contributed by atoms with Crippen LogP contribution in [0.5, 0.6) is 0 Å². The highest BCUT2D eigenvalue weighted by atomic mass is 16.5. The predicted octanol–water partition coefficient (Wildman–Crippen LogP) is 6.01. The average Bonchev–Trinajstić information content (AvgIpc) is 2.98. The summed E-state index contributed by atoms with van der Waals surface area (Å²) in [7, 11) is 0. The first-order chi connectivity index (χ1) is 12.5. The van der Waals surface area contributed by atoms with Crippen molar-refractivity contribution in [3.63, 3.8) is 0 Å². The summed E-state index contributed by atoms with van der Waals surface area (Å²) < 4.78 is 8.88. The molecular weight excluding hydrogens is 318 g/mol. The van der Waals surface area contributed by atoms with Crippen LogP contribution in [0.2, 0.25) is 0 Å². The maximum Gasteiger partial charge on any atom is 0.105 e. The zero-order chi connectivity index (χ0) is 18.3. The van der Waals surface area contributed by atoms with Crippen molar-refractivity contribution in [1.82, 2.24) is 4.57 Å². The molecule has 0 N–H and O–H groups in total. The van der Waals surface area contributed by atoms with Crippen molar-refractivity contribution >= 4 is 10.9 Å². The molecule has 0 aliphatic carbocycles. The topological polar surface area (TPSA) is 14.2 Å². The first-order valence-electron chi connectivity index (χ1n) is 9.87. The van der Waals surface area contributed by atoms with Crippen LogP contribution in [0.15, 0.2) is 48.5 Å². The lowest BCUT2D eigenvalue weighted by molar-refractivity contribution is -0.0539. The van der Waals surface area contributed by atoms with Gasteiger partial charge in [-0.2, -0.15) is 0 Å². The lowest BCUT2D eigenvalue weighted by atomic mass is 9.90. The summed E-state index contributed by atoms with van der Waals surface area (Å²) in [5.74, 6) is 0.498. The minimum atomic E-state index is -0.213. The van der Waals surface area contributed by atoms with Crippen molar-refractivity contribution in [2.75, 3.05) is 6.61 Å². The third-order valence-electron chi connectivity index (χ3n) is 5.97. The Morgan fingerprint density at radius 2 is 1.85 bits per heavy atom. The van der Waals surface area contributed by atoms with E-state index in [9.17, 15) is 0 Å². The van der Waals surface area contributed by atoms with E-state index in [4.69, 9.17) is 4.74 Å². The Labute approximate surface area is 156 Å². The molecule has 0 spiro atoms. The number of benzene rings is 2. The van der Waals surface area contributed by atoms with Gasteiger partial charge in [0.2, 0.25) is 0 Å². The number of aromatic nitrogens is 1. The molecule has 3 aromatic rings. The van der Waals surface area contributed by atoms with Gasteiger partial charge < -0.3 is 9.30 Å². The number of para-hydroxylation sites is 1. The Balaban J connectivity index is 2.04. The average molecular weight is 348 g/mol. The van der Waals surface area contributed by atoms with Gasteiger partial charge in [-0.3, -0.25) is 0 Å². The summed E-state index contributed by atoms with van der Waals surface area (Å²) in [4.78, 5) is 0. The Hall–Kier alpha value is -2.06. The molecular formula is C24H29NO. The molecule has 26 heavy (non-hydrogen) atoms. The zero-order valence-electron chi connectivity index (χ0n) is 16.4. The van der Waals surface area contributed by atoms with Crippen molar-refractivity contribution in [3.05, 3.63) is 70.9 Å². The second-order valence-electron chi connectivity index (χ2n) is 7.98. The molecule has 136 valence electrons. The third-order valence-corrected chi connectivity index (χ3v) is 5.97. The van der Waals surface area contributed by atoms with Crippen LogP contribution in [-0.4, -0.2) is 11.2 Å². The van der Waals surface area contributed by atoms with E-state index >= 15 is 0 Å². The van der Waals surface area contributed by atoms with Gasteiger partial charge in [-0.15, -0.1) is 0 Å². The molecule has 0 fully saturated rings. The molecule has 1 aliphatic heterocycles. The van der Waals surface area contributed by atoms with Crippen molar-refractivity contribution in [2.24, 2.45) is 0 Å². The van der Waals surface area contributed by atoms with Crippen LogP contribution in [-0.2, 0) is 23.3 Å². The molecule has 0 bridgehead atoms. The van der Waals surface area contributed by atoms with E-state index in [0.29, 0.717) is 5.92 Å². The fraction of sp³-hybridized carbons (Fsp3) is 0.417. The van der Waals surface area contributed by atoms with Crippen molar-refractivity contribution in [1.29, 1.82) is 0 Å². The highest BCUT2D eigenvalue weighted by Crippen LogP contribution is 2.43. The van der Waals surface area contributed by atoms with Gasteiger partial charge in [0.15, 0.2) is 0 Å². The van der Waals surface area contributed by atoms with E-state index in [-0.39, 0.29) is 5.60 Å². The third kappa shape index (κ3) is 2.68. The van der Waals surface area contributed by atoms with Gasteiger partial charge >= 0.3 is 0 Å². The lowest BCUT2D eigenvalue weighted by Crippen LogP contribution is -2.34. The summed E-state index contributed by atoms with van der Waals surface area (Å²) in [6.45, 7) is 10.8. The number of rotatable bonds is 4. The van der Waals surface area contributed by atoms with Crippen LogP contribution in [0, 0.1) is 0 Å². The maximum absolute atomic E-state index is 6.33. The summed E-state index contributed by atoms with van der Waals surface area (Å²) in [6, 6.07) is 17.6. The highest BCUT2D eigenvalue weighted by molar-refractivity contribution is 5.89. The van der Waals surface area contributed by atoms with Crippen LogP contribution in [0.25, 0.3) is 10.9 Å². The normalized spacial score (nSPS) is 19.9. The van der Waals surface area contributed by atoms with E-state index in [2.05, 4.69) is 80.8 Å². The summed E-state index contributed by atoms with van der Waals surface area (Å²) in [5, 5.41) is 1.42. The van der Waals surface area contributed by atoms with Crippen LogP contribution in [0.3, 0.4) is 0 Å². The van der Waals surface area contributed by atoms with Gasteiger partial charge in [0.25, 0.3) is 0 Å². The number of ether oxygens (including phenoxy) is 1. The minimum absolute atomic E-state index is 0.213. The molecule has 0 amide bonds. The van der Waals surface area contributed by atoms with Crippen molar-refractivity contribution < 1.29 is 4.74 Å². The molecule has 4 rings (SSSR count). The minimum Gasteiger partial charge on any atom is -0.369 e. The SMILES string of the molecule is CCC1(C)OCCc2c1n(Cc1ccccc1)c1c(C(C)C)cccc21. The standard InChI is InChI=1S/C24H29NO/c1-5-24(4)23-21(14-15-26-24)20-13-9-12-19(17(2)3)22(20)25(23)16-18-10-7-6-8-11-18/h6-13,17H,5,14-16H2,1-4H3. The quantitative estimate of drug-likeness (QED) is 0.563. The number of nitrogens with zero attached hydrogens (tertiary/aromatic N) is 1. The first-order valence-corrected chi connectivity index (χ1v) is 9.87. The van der Waals surface area contributed by atoms with E-state index < -0.39 is 0 Å². The second kappa shape index (κ2) is 6.59. The zero-order valence-corrected chi connectivity index (χ0v) is 16.4. The Bertz CT molecular complexity index is 922. The van der Waals surface area contributed by atoms with Crippen molar-refractivity contribution in [3.8, 4) is 0 Å². The highest BCUT2D eigenvalue weighted by Gasteiger charge is 2.37. The first kappa shape index (κ1) is 17.4. The molecule has 2 aromatic carbocycles. The summed E-state index contributed by atoms with van der Waals surface area (Å²) in [6.07, 6.45) is 1.99. The Morgan fingerprint density at radius 1 is 1.08 bits per heavy atom. The predicted molar refractivity (Wildman–Crippen MR) is 109 cm³/mol. The van der Waals surface area contributed by atoms with Gasteiger partial charge in [0.1, 0.15) is 5.60 Å². The number of hydrogen-bond donors (Lipinski definition) is 0. The lowest BCUT2D eigenvalue weighted by Gasteiger charge is -2.35. The molecule has 1 atom stereocenters. The smallest absolute Gasteiger partial charge is 0.105 e. The Morgan fingerprint density at radius 3 is 2.54 bits per heavy atom. The van der Waals surface area contributed by atoms with Crippen LogP contribution < -0.4 is 0 Å². The molecule has 0 saturated carbocycles. The van der Waals surface area contributed by atoms with Gasteiger partial charge in [-0.25, -0.2) is 0 Å². The molecule has 2 nitrogen and oxygen atoms in total. The van der Waals surface area contributed by atoms with Crippen LogP contribution in [0.1, 0.15) is 62.4 Å². The molecule has 1 aromatic heterocycles. The molecule has 0 radical (unpaired) electrons. The molecule has 2 heteroatoms. The van der Waals surface area contributed by atoms with Gasteiger partial charge in [0.05, 0.1) is 17.8 Å². The maximum atomic E-state index is 6.33. The van der Waals surface area contributed by atoms with Crippen LogP contribution in [0.4, 0.5) is 0 Å². The van der Waals surface area contributed by atoms with E-state index in [1.165, 1.54) is 33.3 Å². The van der Waals surface area contributed by atoms with Crippen molar-refractivity contribution in [2.45, 2.75) is 58.6 Å². The summed E-state index contributed by atoms with van der Waals surface area (Å²) >= 11 is 0. The van der Waals surface area contributed by atoms with Gasteiger partial charge in [0, 0.05) is 11.9 Å². The molecule has 1 unspecified atom stereocenters. The monoisotopic (exact) mass is 347 g/mol. The Kier molecular flexibility index (Phi) is 4.40. The molecule has 2 heterocycles. The van der Waals surface area contributed by atoms with Crippen LogP contribution >= 0.6 is 0 Å². The fourth-order valence-electron chi connectivity index (χ4n) is 4.47. The number of hydrogen-bond acceptors (Lipinski definition) is 1. The second-order valence-corrected chi connectivity index (χ2v) is 7.98.